The summed E-state index contributed by atoms with van der Waals surface area (Å²) < 4.78 is 0.625. The van der Waals surface area contributed by atoms with Crippen LogP contribution in [-0.2, 0) is 0 Å². The number of benzene rings is 1. The average Bonchev–Trinajstić information content (AvgIpc) is 2.94. The Labute approximate surface area is 130 Å². The molecule has 0 fully saturated rings. The van der Waals surface area contributed by atoms with Gasteiger partial charge in [-0.2, -0.15) is 0 Å². The van der Waals surface area contributed by atoms with Crippen molar-refractivity contribution in [2.75, 3.05) is 11.6 Å². The Morgan fingerprint density at radius 2 is 1.77 bits per heavy atom. The number of anilines is 1. The van der Waals surface area contributed by atoms with Crippen LogP contribution >= 0.6 is 23.1 Å². The third-order valence-electron chi connectivity index (χ3n) is 2.39. The van der Waals surface area contributed by atoms with Crippen LogP contribution in [0.2, 0.25) is 0 Å². The molecular formula is C10H7N5O5S2. The van der Waals surface area contributed by atoms with Crippen LogP contribution in [0.15, 0.2) is 22.5 Å². The second kappa shape index (κ2) is 6.44. The Morgan fingerprint density at radius 1 is 1.18 bits per heavy atom. The fourth-order valence-electron chi connectivity index (χ4n) is 1.45. The van der Waals surface area contributed by atoms with Gasteiger partial charge < -0.3 is 0 Å². The van der Waals surface area contributed by atoms with E-state index in [1.165, 1.54) is 11.8 Å². The third-order valence-corrected chi connectivity index (χ3v) is 4.20. The van der Waals surface area contributed by atoms with E-state index in [9.17, 15) is 25.0 Å². The number of carbonyl (C=O) groups is 1. The lowest BCUT2D eigenvalue weighted by Gasteiger charge is -2.01. The number of nitro groups is 2. The molecule has 0 bridgehead atoms. The number of nitro benzene ring substituents is 2. The molecule has 12 heteroatoms. The van der Waals surface area contributed by atoms with Crippen molar-refractivity contribution >= 4 is 45.5 Å². The number of carbonyl (C=O) groups excluding carboxylic acids is 1. The molecule has 0 spiro atoms. The highest BCUT2D eigenvalue weighted by molar-refractivity contribution is 8.00. The maximum Gasteiger partial charge on any atom is 0.277 e. The van der Waals surface area contributed by atoms with Crippen LogP contribution in [0.1, 0.15) is 10.4 Å². The molecule has 2 aromatic rings. The average molecular weight is 341 g/mol. The first kappa shape index (κ1) is 15.8. The van der Waals surface area contributed by atoms with Crippen LogP contribution in [0.4, 0.5) is 16.5 Å². The predicted molar refractivity (Wildman–Crippen MR) is 79.4 cm³/mol. The SMILES string of the molecule is CSc1nnc(NC(=O)c2cc([N+](=O)[O-])cc([N+](=O)[O-])c2)s1. The first-order valence-corrected chi connectivity index (χ1v) is 7.57. The van der Waals surface area contributed by atoms with Crippen molar-refractivity contribution in [2.24, 2.45) is 0 Å². The van der Waals surface area contributed by atoms with E-state index >= 15 is 0 Å². The summed E-state index contributed by atoms with van der Waals surface area (Å²) in [5, 5.41) is 31.6. The van der Waals surface area contributed by atoms with Crippen LogP contribution in [0.5, 0.6) is 0 Å². The van der Waals surface area contributed by atoms with E-state index in [-0.39, 0.29) is 10.7 Å². The number of non-ortho nitro benzene ring substituents is 2. The quantitative estimate of drug-likeness (QED) is 0.378. The smallest absolute Gasteiger partial charge is 0.277 e. The van der Waals surface area contributed by atoms with Gasteiger partial charge in [-0.05, 0) is 6.26 Å². The number of amides is 1. The Hall–Kier alpha value is -2.60. The molecule has 0 radical (unpaired) electrons. The first-order valence-electron chi connectivity index (χ1n) is 5.53. The molecule has 1 N–H and O–H groups in total. The fraction of sp³-hybridized carbons (Fsp3) is 0.100. The molecule has 0 aliphatic heterocycles. The highest BCUT2D eigenvalue weighted by Gasteiger charge is 2.20. The van der Waals surface area contributed by atoms with Gasteiger partial charge in [0.1, 0.15) is 0 Å². The number of nitrogens with one attached hydrogen (secondary N) is 1. The fourth-order valence-corrected chi connectivity index (χ4v) is 2.61. The van der Waals surface area contributed by atoms with Crippen LogP contribution < -0.4 is 5.32 Å². The molecule has 22 heavy (non-hydrogen) atoms. The number of nitrogens with zero attached hydrogens (tertiary/aromatic N) is 4. The van der Waals surface area contributed by atoms with Gasteiger partial charge >= 0.3 is 0 Å². The first-order chi connectivity index (χ1) is 10.4. The summed E-state index contributed by atoms with van der Waals surface area (Å²) in [7, 11) is 0. The second-order valence-electron chi connectivity index (χ2n) is 3.78. The number of thioether (sulfide) groups is 1. The van der Waals surface area contributed by atoms with Crippen LogP contribution in [-0.4, -0.2) is 32.2 Å². The van der Waals surface area contributed by atoms with Crippen molar-refractivity contribution in [1.82, 2.24) is 10.2 Å². The van der Waals surface area contributed by atoms with E-state index < -0.39 is 27.1 Å². The van der Waals surface area contributed by atoms with Crippen molar-refractivity contribution in [3.63, 3.8) is 0 Å². The molecule has 10 nitrogen and oxygen atoms in total. The summed E-state index contributed by atoms with van der Waals surface area (Å²) in [5.41, 5.74) is -1.29. The number of rotatable bonds is 5. The molecule has 114 valence electrons. The summed E-state index contributed by atoms with van der Waals surface area (Å²) in [4.78, 5) is 32.0. The van der Waals surface area contributed by atoms with Crippen molar-refractivity contribution in [3.05, 3.63) is 44.0 Å². The van der Waals surface area contributed by atoms with Crippen LogP contribution in [0.3, 0.4) is 0 Å². The zero-order chi connectivity index (χ0) is 16.3. The molecular weight excluding hydrogens is 334 g/mol. The zero-order valence-corrected chi connectivity index (χ0v) is 12.5. The van der Waals surface area contributed by atoms with Crippen molar-refractivity contribution < 1.29 is 14.6 Å². The Morgan fingerprint density at radius 3 is 2.23 bits per heavy atom. The molecule has 0 saturated heterocycles. The van der Waals surface area contributed by atoms with E-state index in [0.717, 1.165) is 29.5 Å². The normalized spacial score (nSPS) is 10.2. The van der Waals surface area contributed by atoms with E-state index in [1.54, 1.807) is 6.26 Å². The molecule has 0 atom stereocenters. The maximum atomic E-state index is 12.0. The topological polar surface area (TPSA) is 141 Å². The molecule has 0 aliphatic carbocycles. The van der Waals surface area contributed by atoms with Crippen molar-refractivity contribution in [3.8, 4) is 0 Å². The summed E-state index contributed by atoms with van der Waals surface area (Å²) in [6.07, 6.45) is 1.79. The maximum absolute atomic E-state index is 12.0. The summed E-state index contributed by atoms with van der Waals surface area (Å²) in [5.74, 6) is -0.740. The summed E-state index contributed by atoms with van der Waals surface area (Å²) in [6, 6.07) is 2.70. The van der Waals surface area contributed by atoms with E-state index in [2.05, 4.69) is 15.5 Å². The standard InChI is InChI=1S/C10H7N5O5S2/c1-21-10-13-12-9(22-10)11-8(16)5-2-6(14(17)18)4-7(3-5)15(19)20/h2-4H,1H3,(H,11,12,16). The highest BCUT2D eigenvalue weighted by atomic mass is 32.2. The van der Waals surface area contributed by atoms with Gasteiger partial charge in [0.15, 0.2) is 4.34 Å². The largest absolute Gasteiger partial charge is 0.296 e. The predicted octanol–water partition coefficient (Wildman–Crippen LogP) is 2.33. The molecule has 1 heterocycles. The Kier molecular flexibility index (Phi) is 4.62. The number of hydrogen-bond acceptors (Lipinski definition) is 9. The molecule has 0 unspecified atom stereocenters. The van der Waals surface area contributed by atoms with Gasteiger partial charge in [-0.3, -0.25) is 30.3 Å². The van der Waals surface area contributed by atoms with Gasteiger partial charge in [0, 0.05) is 12.1 Å². The van der Waals surface area contributed by atoms with Gasteiger partial charge in [0.05, 0.1) is 21.5 Å². The summed E-state index contributed by atoms with van der Waals surface area (Å²) >= 11 is 2.46. The Balaban J connectivity index is 2.31. The van der Waals surface area contributed by atoms with E-state index in [1.807, 2.05) is 0 Å². The van der Waals surface area contributed by atoms with Gasteiger partial charge in [0.25, 0.3) is 17.3 Å². The molecule has 1 aromatic heterocycles. The van der Waals surface area contributed by atoms with Gasteiger partial charge in [-0.1, -0.05) is 23.1 Å². The summed E-state index contributed by atoms with van der Waals surface area (Å²) in [6.45, 7) is 0. The van der Waals surface area contributed by atoms with Gasteiger partial charge in [-0.25, -0.2) is 0 Å². The van der Waals surface area contributed by atoms with Crippen LogP contribution in [0, 0.1) is 20.2 Å². The third kappa shape index (κ3) is 3.53. The van der Waals surface area contributed by atoms with Gasteiger partial charge in [-0.15, -0.1) is 10.2 Å². The van der Waals surface area contributed by atoms with Crippen LogP contribution in [0.25, 0.3) is 0 Å². The molecule has 2 rings (SSSR count). The number of aromatic nitrogens is 2. The lowest BCUT2D eigenvalue weighted by Crippen LogP contribution is -2.12. The van der Waals surface area contributed by atoms with Gasteiger partial charge in [0.2, 0.25) is 5.13 Å². The lowest BCUT2D eigenvalue weighted by molar-refractivity contribution is -0.394. The molecule has 1 aromatic carbocycles. The molecule has 1 amide bonds. The zero-order valence-electron chi connectivity index (χ0n) is 10.9. The van der Waals surface area contributed by atoms with Crippen molar-refractivity contribution in [2.45, 2.75) is 4.34 Å². The minimum Gasteiger partial charge on any atom is -0.296 e. The molecule has 0 aliphatic rings. The minimum absolute atomic E-state index is 0.198. The lowest BCUT2D eigenvalue weighted by atomic mass is 10.1. The van der Waals surface area contributed by atoms with E-state index in [0.29, 0.717) is 4.34 Å². The number of hydrogen-bond donors (Lipinski definition) is 1. The monoisotopic (exact) mass is 341 g/mol. The Bertz CT molecular complexity index is 730. The highest BCUT2D eigenvalue weighted by Crippen LogP contribution is 2.26. The second-order valence-corrected chi connectivity index (χ2v) is 5.81. The van der Waals surface area contributed by atoms with E-state index in [4.69, 9.17) is 0 Å². The molecule has 0 saturated carbocycles. The minimum atomic E-state index is -0.805. The van der Waals surface area contributed by atoms with Crippen molar-refractivity contribution in [1.29, 1.82) is 0 Å².